The maximum Gasteiger partial charge on any atom is 0.225 e. The molecule has 1 aliphatic rings. The number of ether oxygens (including phenoxy) is 1. The maximum atomic E-state index is 12.9. The molecule has 5 nitrogen and oxygen atoms in total. The number of benzene rings is 1. The molecule has 0 bridgehead atoms. The number of anilines is 2. The Morgan fingerprint density at radius 1 is 1.57 bits per heavy atom. The van der Waals surface area contributed by atoms with Crippen LogP contribution in [0, 0.1) is 5.82 Å². The molecule has 1 atom stereocenters. The van der Waals surface area contributed by atoms with Crippen LogP contribution in [0.3, 0.4) is 0 Å². The highest BCUT2D eigenvalue weighted by atomic mass is 19.1. The lowest BCUT2D eigenvalue weighted by Gasteiger charge is -2.32. The fourth-order valence-electron chi connectivity index (χ4n) is 2.35. The fraction of sp³-hybridized carbons (Fsp3) is 0.533. The van der Waals surface area contributed by atoms with Crippen LogP contribution in [0.25, 0.3) is 0 Å². The number of nitrogens with one attached hydrogen (secondary N) is 1. The monoisotopic (exact) mass is 295 g/mol. The van der Waals surface area contributed by atoms with E-state index in [4.69, 9.17) is 10.5 Å². The highest BCUT2D eigenvalue weighted by molar-refractivity contribution is 5.93. The van der Waals surface area contributed by atoms with Gasteiger partial charge in [-0.05, 0) is 24.6 Å². The highest BCUT2D eigenvalue weighted by Crippen LogP contribution is 2.19. The number of nitrogens with zero attached hydrogens (tertiary/aromatic N) is 1. The minimum absolute atomic E-state index is 0.118. The van der Waals surface area contributed by atoms with Gasteiger partial charge in [0.15, 0.2) is 0 Å². The van der Waals surface area contributed by atoms with Gasteiger partial charge in [-0.3, -0.25) is 9.69 Å². The first-order valence-electron chi connectivity index (χ1n) is 7.27. The average molecular weight is 295 g/mol. The van der Waals surface area contributed by atoms with Crippen molar-refractivity contribution in [2.75, 3.05) is 37.3 Å². The minimum Gasteiger partial charge on any atom is -0.397 e. The van der Waals surface area contributed by atoms with Crippen molar-refractivity contribution in [2.45, 2.75) is 25.9 Å². The molecule has 1 aliphatic heterocycles. The summed E-state index contributed by atoms with van der Waals surface area (Å²) in [6.45, 7) is 5.21. The van der Waals surface area contributed by atoms with Crippen LogP contribution in [-0.2, 0) is 9.53 Å². The Morgan fingerprint density at radius 2 is 2.38 bits per heavy atom. The maximum absolute atomic E-state index is 12.9. The van der Waals surface area contributed by atoms with Gasteiger partial charge < -0.3 is 15.8 Å². The third-order valence-electron chi connectivity index (χ3n) is 3.62. The van der Waals surface area contributed by atoms with Crippen molar-refractivity contribution in [1.29, 1.82) is 0 Å². The summed E-state index contributed by atoms with van der Waals surface area (Å²) < 4.78 is 18.5. The van der Waals surface area contributed by atoms with E-state index in [9.17, 15) is 9.18 Å². The van der Waals surface area contributed by atoms with Crippen LogP contribution < -0.4 is 11.1 Å². The molecule has 0 aliphatic carbocycles. The number of hydrogen-bond donors (Lipinski definition) is 2. The first-order chi connectivity index (χ1) is 10.1. The summed E-state index contributed by atoms with van der Waals surface area (Å²) in [5.74, 6) is -0.530. The number of amides is 1. The van der Waals surface area contributed by atoms with Gasteiger partial charge >= 0.3 is 0 Å². The van der Waals surface area contributed by atoms with Crippen LogP contribution >= 0.6 is 0 Å². The van der Waals surface area contributed by atoms with Crippen LogP contribution in [0.5, 0.6) is 0 Å². The molecule has 0 spiro atoms. The van der Waals surface area contributed by atoms with E-state index in [1.165, 1.54) is 18.2 Å². The number of morpholine rings is 1. The molecule has 1 heterocycles. The van der Waals surface area contributed by atoms with Crippen LogP contribution in [-0.4, -0.2) is 43.2 Å². The van der Waals surface area contributed by atoms with Crippen LogP contribution in [0.1, 0.15) is 19.8 Å². The minimum atomic E-state index is -0.413. The molecule has 1 aromatic carbocycles. The second-order valence-electron chi connectivity index (χ2n) is 5.23. The molecule has 1 amide bonds. The molecule has 0 radical (unpaired) electrons. The zero-order valence-electron chi connectivity index (χ0n) is 12.3. The summed E-state index contributed by atoms with van der Waals surface area (Å²) in [5.41, 5.74) is 6.35. The Labute approximate surface area is 124 Å². The highest BCUT2D eigenvalue weighted by Gasteiger charge is 2.19. The molecule has 1 fully saturated rings. The second kappa shape index (κ2) is 7.38. The van der Waals surface area contributed by atoms with E-state index in [2.05, 4.69) is 17.1 Å². The van der Waals surface area contributed by atoms with Gasteiger partial charge in [-0.1, -0.05) is 6.92 Å². The zero-order chi connectivity index (χ0) is 15.2. The molecule has 3 N–H and O–H groups in total. The SMILES string of the molecule is CCC1CN(CCC(=O)Nc2ccc(F)cc2N)CCO1. The fourth-order valence-corrected chi connectivity index (χ4v) is 2.35. The molecule has 1 saturated heterocycles. The van der Waals surface area contributed by atoms with Gasteiger partial charge in [-0.15, -0.1) is 0 Å². The van der Waals surface area contributed by atoms with Gasteiger partial charge in [-0.2, -0.15) is 0 Å². The number of nitrogen functional groups attached to an aromatic ring is 1. The van der Waals surface area contributed by atoms with Crippen molar-refractivity contribution < 1.29 is 13.9 Å². The van der Waals surface area contributed by atoms with E-state index in [-0.39, 0.29) is 17.7 Å². The van der Waals surface area contributed by atoms with E-state index in [1.807, 2.05) is 0 Å². The summed E-state index contributed by atoms with van der Waals surface area (Å²) in [4.78, 5) is 14.2. The molecule has 0 saturated carbocycles. The quantitative estimate of drug-likeness (QED) is 0.814. The standard InChI is InChI=1S/C15H22FN3O2/c1-2-12-10-19(7-8-21-12)6-5-15(20)18-14-4-3-11(16)9-13(14)17/h3-4,9,12H,2,5-8,10,17H2,1H3,(H,18,20). The first kappa shape index (κ1) is 15.7. The van der Waals surface area contributed by atoms with E-state index >= 15 is 0 Å². The molecular formula is C15H22FN3O2. The first-order valence-corrected chi connectivity index (χ1v) is 7.27. The molecule has 0 aromatic heterocycles. The summed E-state index contributed by atoms with van der Waals surface area (Å²) >= 11 is 0. The van der Waals surface area contributed by atoms with Crippen LogP contribution in [0.2, 0.25) is 0 Å². The molecule has 2 rings (SSSR count). The van der Waals surface area contributed by atoms with Crippen molar-refractivity contribution in [1.82, 2.24) is 4.90 Å². The smallest absolute Gasteiger partial charge is 0.225 e. The van der Waals surface area contributed by atoms with Gasteiger partial charge in [0.05, 0.1) is 24.1 Å². The largest absolute Gasteiger partial charge is 0.397 e. The van der Waals surface area contributed by atoms with E-state index in [0.29, 0.717) is 25.3 Å². The molecule has 1 unspecified atom stereocenters. The summed E-state index contributed by atoms with van der Waals surface area (Å²) in [7, 11) is 0. The lowest BCUT2D eigenvalue weighted by atomic mass is 10.2. The number of halogens is 1. The molecule has 6 heteroatoms. The van der Waals surface area contributed by atoms with E-state index < -0.39 is 5.82 Å². The molecular weight excluding hydrogens is 273 g/mol. The van der Waals surface area contributed by atoms with Gasteiger partial charge in [0.2, 0.25) is 5.91 Å². The second-order valence-corrected chi connectivity index (χ2v) is 5.23. The molecule has 21 heavy (non-hydrogen) atoms. The summed E-state index contributed by atoms with van der Waals surface area (Å²) in [5, 5.41) is 2.71. The Bertz CT molecular complexity index is 496. The topological polar surface area (TPSA) is 67.6 Å². The van der Waals surface area contributed by atoms with E-state index in [1.54, 1.807) is 0 Å². The molecule has 1 aromatic rings. The number of hydrogen-bond acceptors (Lipinski definition) is 4. The number of carbonyl (C=O) groups is 1. The van der Waals surface area contributed by atoms with Gasteiger partial charge in [0.25, 0.3) is 0 Å². The van der Waals surface area contributed by atoms with Gasteiger partial charge in [-0.25, -0.2) is 4.39 Å². The summed E-state index contributed by atoms with van der Waals surface area (Å²) in [6.07, 6.45) is 1.62. The lowest BCUT2D eigenvalue weighted by molar-refractivity contribution is -0.117. The van der Waals surface area contributed by atoms with Crippen molar-refractivity contribution in [3.63, 3.8) is 0 Å². The average Bonchev–Trinajstić information content (AvgIpc) is 2.48. The van der Waals surface area contributed by atoms with E-state index in [0.717, 1.165) is 19.5 Å². The Balaban J connectivity index is 1.79. The van der Waals surface area contributed by atoms with Gasteiger partial charge in [0, 0.05) is 26.1 Å². The predicted molar refractivity (Wildman–Crippen MR) is 80.5 cm³/mol. The van der Waals surface area contributed by atoms with Crippen molar-refractivity contribution in [2.24, 2.45) is 0 Å². The third kappa shape index (κ3) is 4.68. The summed E-state index contributed by atoms with van der Waals surface area (Å²) in [6, 6.07) is 3.95. The Kier molecular flexibility index (Phi) is 5.52. The van der Waals surface area contributed by atoms with Crippen molar-refractivity contribution in [3.8, 4) is 0 Å². The predicted octanol–water partition coefficient (Wildman–Crippen LogP) is 1.85. The number of rotatable bonds is 5. The Morgan fingerprint density at radius 3 is 3.10 bits per heavy atom. The van der Waals surface area contributed by atoms with Crippen LogP contribution in [0.4, 0.5) is 15.8 Å². The zero-order valence-corrected chi connectivity index (χ0v) is 12.3. The lowest BCUT2D eigenvalue weighted by Crippen LogP contribution is -2.43. The van der Waals surface area contributed by atoms with Crippen molar-refractivity contribution >= 4 is 17.3 Å². The van der Waals surface area contributed by atoms with Crippen molar-refractivity contribution in [3.05, 3.63) is 24.0 Å². The third-order valence-corrected chi connectivity index (χ3v) is 3.62. The number of carbonyl (C=O) groups excluding carboxylic acids is 1. The Hall–Kier alpha value is -1.66. The number of nitrogens with two attached hydrogens (primary N) is 1. The normalized spacial score (nSPS) is 19.4. The molecule has 116 valence electrons. The van der Waals surface area contributed by atoms with Gasteiger partial charge in [0.1, 0.15) is 5.82 Å². The van der Waals surface area contributed by atoms with Crippen LogP contribution in [0.15, 0.2) is 18.2 Å².